The summed E-state index contributed by atoms with van der Waals surface area (Å²) in [4.78, 5) is 18.8. The van der Waals surface area contributed by atoms with Crippen molar-refractivity contribution >= 4 is 5.91 Å². The molecule has 0 saturated carbocycles. The van der Waals surface area contributed by atoms with E-state index in [1.54, 1.807) is 18.3 Å². The molecule has 0 atom stereocenters. The second-order valence-electron chi connectivity index (χ2n) is 7.72. The number of hydrogen-bond acceptors (Lipinski definition) is 8. The molecule has 0 N–H and O–H groups in total. The largest absolute Gasteiger partial charge is 0.472 e. The first kappa shape index (κ1) is 18.7. The molecule has 0 bridgehead atoms. The minimum absolute atomic E-state index is 0.118. The van der Waals surface area contributed by atoms with Crippen molar-refractivity contribution in [3.8, 4) is 17.1 Å². The van der Waals surface area contributed by atoms with Gasteiger partial charge in [-0.25, -0.2) is 0 Å². The van der Waals surface area contributed by atoms with Gasteiger partial charge in [-0.15, -0.1) is 10.2 Å². The molecule has 154 valence electrons. The lowest BCUT2D eigenvalue weighted by molar-refractivity contribution is -0.172. The predicted octanol–water partition coefficient (Wildman–Crippen LogP) is 2.34. The van der Waals surface area contributed by atoms with Crippen molar-refractivity contribution in [2.75, 3.05) is 19.8 Å². The summed E-state index contributed by atoms with van der Waals surface area (Å²) in [7, 11) is 0. The van der Waals surface area contributed by atoms with E-state index >= 15 is 0 Å². The number of nitrogens with zero attached hydrogens (tertiary/aromatic N) is 5. The Morgan fingerprint density at radius 1 is 1.20 bits per heavy atom. The lowest BCUT2D eigenvalue weighted by Gasteiger charge is -2.57. The molecular formula is C21H21N5O4. The normalized spacial score (nSPS) is 16.8. The van der Waals surface area contributed by atoms with Crippen LogP contribution in [0.1, 0.15) is 33.9 Å². The van der Waals surface area contributed by atoms with Gasteiger partial charge in [-0.3, -0.25) is 9.78 Å². The minimum Gasteiger partial charge on any atom is -0.472 e. The number of carbonyl (C=O) groups excluding carboxylic acids is 1. The smallest absolute Gasteiger partial charge is 0.275 e. The summed E-state index contributed by atoms with van der Waals surface area (Å²) in [6.07, 6.45) is 2.73. The van der Waals surface area contributed by atoms with E-state index in [2.05, 4.69) is 20.3 Å². The number of pyridine rings is 1. The molecule has 1 amide bonds. The summed E-state index contributed by atoms with van der Waals surface area (Å²) in [6.45, 7) is 5.90. The molecule has 9 heteroatoms. The summed E-state index contributed by atoms with van der Waals surface area (Å²) in [5.41, 5.74) is 3.46. The highest BCUT2D eigenvalue weighted by atomic mass is 16.5. The molecule has 0 radical (unpaired) electrons. The number of likely N-dealkylation sites (tertiary alicyclic amines) is 1. The van der Waals surface area contributed by atoms with Gasteiger partial charge in [0.25, 0.3) is 5.91 Å². The van der Waals surface area contributed by atoms with Gasteiger partial charge in [-0.1, -0.05) is 5.16 Å². The number of carbonyl (C=O) groups is 1. The van der Waals surface area contributed by atoms with Crippen LogP contribution >= 0.6 is 0 Å². The fraction of sp³-hybridized carbons (Fsp3) is 0.381. The Hall–Kier alpha value is -3.33. The van der Waals surface area contributed by atoms with Crippen molar-refractivity contribution in [3.63, 3.8) is 0 Å². The Balaban J connectivity index is 1.27. The van der Waals surface area contributed by atoms with E-state index in [9.17, 15) is 4.79 Å². The van der Waals surface area contributed by atoms with E-state index in [0.717, 1.165) is 29.8 Å². The average molecular weight is 407 g/mol. The molecule has 1 spiro atoms. The van der Waals surface area contributed by atoms with Crippen molar-refractivity contribution < 1.29 is 18.8 Å². The summed E-state index contributed by atoms with van der Waals surface area (Å²) >= 11 is 0. The molecule has 3 aromatic heterocycles. The Morgan fingerprint density at radius 3 is 2.67 bits per heavy atom. The third-order valence-electron chi connectivity index (χ3n) is 5.75. The highest BCUT2D eigenvalue weighted by Crippen LogP contribution is 2.38. The molecule has 9 nitrogen and oxygen atoms in total. The van der Waals surface area contributed by atoms with E-state index in [-0.39, 0.29) is 18.1 Å². The average Bonchev–Trinajstić information content (AvgIpc) is 3.06. The van der Waals surface area contributed by atoms with Crippen LogP contribution < -0.4 is 4.74 Å². The molecule has 0 aliphatic carbocycles. The molecule has 2 fully saturated rings. The highest BCUT2D eigenvalue weighted by Gasteiger charge is 2.53. The fourth-order valence-electron chi connectivity index (χ4n) is 3.69. The molecule has 2 aliphatic rings. The number of aryl methyl sites for hydroxylation is 2. The molecule has 2 aliphatic heterocycles. The molecule has 5 heterocycles. The van der Waals surface area contributed by atoms with Crippen molar-refractivity contribution in [2.45, 2.75) is 32.4 Å². The van der Waals surface area contributed by atoms with Gasteiger partial charge < -0.3 is 18.9 Å². The zero-order valence-electron chi connectivity index (χ0n) is 16.8. The minimum atomic E-state index is -0.124. The SMILES string of the molecule is Cc1ccc(-c2noc(C)c2COc2ccc(C(=O)N3CCC34COC4)nn2)cn1. The second-order valence-corrected chi connectivity index (χ2v) is 7.72. The summed E-state index contributed by atoms with van der Waals surface area (Å²) in [6, 6.07) is 7.16. The van der Waals surface area contributed by atoms with Gasteiger partial charge in [0.2, 0.25) is 5.88 Å². The summed E-state index contributed by atoms with van der Waals surface area (Å²) in [5.74, 6) is 0.870. The van der Waals surface area contributed by atoms with E-state index < -0.39 is 0 Å². The van der Waals surface area contributed by atoms with Crippen LogP contribution in [0.15, 0.2) is 35.0 Å². The Morgan fingerprint density at radius 2 is 2.07 bits per heavy atom. The Bertz CT molecular complexity index is 1070. The van der Waals surface area contributed by atoms with Gasteiger partial charge in [0.15, 0.2) is 5.69 Å². The van der Waals surface area contributed by atoms with Crippen LogP contribution in [-0.4, -0.2) is 56.4 Å². The molecule has 5 rings (SSSR count). The fourth-order valence-corrected chi connectivity index (χ4v) is 3.69. The van der Waals surface area contributed by atoms with Crippen molar-refractivity contribution in [3.05, 3.63) is 53.2 Å². The maximum atomic E-state index is 12.7. The number of ether oxygens (including phenoxy) is 2. The van der Waals surface area contributed by atoms with E-state index in [4.69, 9.17) is 14.0 Å². The maximum Gasteiger partial charge on any atom is 0.275 e. The van der Waals surface area contributed by atoms with Crippen molar-refractivity contribution in [1.82, 2.24) is 25.2 Å². The van der Waals surface area contributed by atoms with Crippen LogP contribution in [0.4, 0.5) is 0 Å². The van der Waals surface area contributed by atoms with E-state index in [0.29, 0.717) is 36.2 Å². The number of amides is 1. The molecule has 0 aromatic carbocycles. The van der Waals surface area contributed by atoms with Crippen LogP contribution in [0, 0.1) is 13.8 Å². The third-order valence-corrected chi connectivity index (χ3v) is 5.75. The number of aromatic nitrogens is 4. The monoisotopic (exact) mass is 407 g/mol. The lowest BCUT2D eigenvalue weighted by Crippen LogP contribution is -2.72. The summed E-state index contributed by atoms with van der Waals surface area (Å²) < 4.78 is 16.4. The quantitative estimate of drug-likeness (QED) is 0.635. The van der Waals surface area contributed by atoms with Gasteiger partial charge >= 0.3 is 0 Å². The Kier molecular flexibility index (Phi) is 4.47. The highest BCUT2D eigenvalue weighted by molar-refractivity contribution is 5.93. The van der Waals surface area contributed by atoms with Gasteiger partial charge in [-0.2, -0.15) is 0 Å². The van der Waals surface area contributed by atoms with Crippen molar-refractivity contribution in [1.29, 1.82) is 0 Å². The van der Waals surface area contributed by atoms with E-state index in [1.807, 2.05) is 30.9 Å². The van der Waals surface area contributed by atoms with Gasteiger partial charge in [0.1, 0.15) is 18.1 Å². The first-order valence-electron chi connectivity index (χ1n) is 9.80. The standard InChI is InChI=1S/C21H21N5O4/c1-13-3-4-15(9-22-13)19-16(14(2)30-25-19)10-29-18-6-5-17(23-24-18)20(27)26-8-7-21(26)11-28-12-21/h3-6,9H,7-8,10-12H2,1-2H3. The van der Waals surface area contributed by atoms with Gasteiger partial charge in [-0.05, 0) is 38.5 Å². The first-order chi connectivity index (χ1) is 14.6. The molecule has 3 aromatic rings. The topological polar surface area (TPSA) is 103 Å². The van der Waals surface area contributed by atoms with E-state index in [1.165, 1.54) is 0 Å². The first-order valence-corrected chi connectivity index (χ1v) is 9.80. The molecule has 2 saturated heterocycles. The van der Waals surface area contributed by atoms with Crippen LogP contribution in [0.5, 0.6) is 5.88 Å². The maximum absolute atomic E-state index is 12.7. The Labute approximate surface area is 173 Å². The number of rotatable bonds is 5. The molecule has 0 unspecified atom stereocenters. The van der Waals surface area contributed by atoms with Crippen LogP contribution in [-0.2, 0) is 11.3 Å². The van der Waals surface area contributed by atoms with Crippen molar-refractivity contribution in [2.24, 2.45) is 0 Å². The lowest BCUT2D eigenvalue weighted by atomic mass is 9.82. The number of hydrogen-bond donors (Lipinski definition) is 0. The van der Waals surface area contributed by atoms with Gasteiger partial charge in [0.05, 0.1) is 24.3 Å². The summed E-state index contributed by atoms with van der Waals surface area (Å²) in [5, 5.41) is 12.3. The zero-order valence-corrected chi connectivity index (χ0v) is 16.8. The molecular weight excluding hydrogens is 386 g/mol. The third kappa shape index (κ3) is 3.11. The second kappa shape index (κ2) is 7.17. The van der Waals surface area contributed by atoms with Gasteiger partial charge in [0, 0.05) is 30.1 Å². The van der Waals surface area contributed by atoms with Crippen LogP contribution in [0.2, 0.25) is 0 Å². The predicted molar refractivity (Wildman–Crippen MR) is 105 cm³/mol. The van der Waals surface area contributed by atoms with Crippen LogP contribution in [0.25, 0.3) is 11.3 Å². The molecule has 30 heavy (non-hydrogen) atoms. The van der Waals surface area contributed by atoms with Crippen LogP contribution in [0.3, 0.4) is 0 Å². The zero-order chi connectivity index (χ0) is 20.7.